The minimum Gasteiger partial charge on any atom is -0.483 e. The van der Waals surface area contributed by atoms with Crippen LogP contribution in [-0.2, 0) is 11.8 Å². The first-order valence-electron chi connectivity index (χ1n) is 8.25. The molecule has 0 aliphatic heterocycles. The number of imidazole rings is 1. The lowest BCUT2D eigenvalue weighted by molar-refractivity contribution is -0.123. The summed E-state index contributed by atoms with van der Waals surface area (Å²) in [5, 5.41) is 3.02. The summed E-state index contributed by atoms with van der Waals surface area (Å²) in [6.45, 7) is 1.92. The van der Waals surface area contributed by atoms with E-state index in [1.807, 2.05) is 73.3 Å². The summed E-state index contributed by atoms with van der Waals surface area (Å²) in [5.74, 6) is 1.19. The Kier molecular flexibility index (Phi) is 5.73. The Bertz CT molecular complexity index is 893. The van der Waals surface area contributed by atoms with Gasteiger partial charge in [0.25, 0.3) is 5.91 Å². The van der Waals surface area contributed by atoms with Crippen molar-refractivity contribution >= 4 is 21.8 Å². The molecule has 1 N–H and O–H groups in total. The van der Waals surface area contributed by atoms with E-state index in [0.717, 1.165) is 21.4 Å². The maximum Gasteiger partial charge on any atom is 0.258 e. The molecule has 26 heavy (non-hydrogen) atoms. The fraction of sp³-hybridized carbons (Fsp3) is 0.200. The number of carbonyl (C=O) groups excluding carboxylic acids is 1. The molecular weight excluding hydrogens is 394 g/mol. The van der Waals surface area contributed by atoms with Crippen LogP contribution in [0.25, 0.3) is 0 Å². The number of nitrogens with one attached hydrogen (secondary N) is 1. The quantitative estimate of drug-likeness (QED) is 0.668. The van der Waals surface area contributed by atoms with Crippen LogP contribution in [0.1, 0.15) is 23.0 Å². The van der Waals surface area contributed by atoms with Gasteiger partial charge in [-0.3, -0.25) is 4.79 Å². The summed E-state index contributed by atoms with van der Waals surface area (Å²) in [6.07, 6.45) is 3.58. The Hall–Kier alpha value is -2.60. The number of benzene rings is 2. The average Bonchev–Trinajstić information content (AvgIpc) is 3.05. The largest absolute Gasteiger partial charge is 0.483 e. The highest BCUT2D eigenvalue weighted by atomic mass is 79.9. The predicted molar refractivity (Wildman–Crippen MR) is 104 cm³/mol. The normalized spacial score (nSPS) is 11.8. The number of aromatic nitrogens is 2. The van der Waals surface area contributed by atoms with Crippen molar-refractivity contribution in [3.8, 4) is 5.75 Å². The Labute approximate surface area is 161 Å². The number of hydrogen-bond acceptors (Lipinski definition) is 3. The van der Waals surface area contributed by atoms with E-state index in [1.165, 1.54) is 0 Å². The third kappa shape index (κ3) is 4.32. The van der Waals surface area contributed by atoms with Gasteiger partial charge in [-0.05, 0) is 46.1 Å². The fourth-order valence-corrected chi connectivity index (χ4v) is 3.27. The van der Waals surface area contributed by atoms with Crippen molar-refractivity contribution in [2.45, 2.75) is 13.0 Å². The highest BCUT2D eigenvalue weighted by Gasteiger charge is 2.20. The third-order valence-corrected chi connectivity index (χ3v) is 4.62. The number of carbonyl (C=O) groups is 1. The minimum atomic E-state index is -0.339. The van der Waals surface area contributed by atoms with Crippen molar-refractivity contribution in [1.29, 1.82) is 0 Å². The molecular formula is C20H20BrN3O2. The molecule has 1 aromatic heterocycles. The van der Waals surface area contributed by atoms with E-state index in [9.17, 15) is 4.79 Å². The Balaban J connectivity index is 1.72. The highest BCUT2D eigenvalue weighted by molar-refractivity contribution is 9.10. The zero-order valence-electron chi connectivity index (χ0n) is 14.6. The SMILES string of the molecule is Cc1ccc(OCC(=O)NC(c2ccccc2)c2nccn2C)c(Br)c1. The van der Waals surface area contributed by atoms with Crippen molar-refractivity contribution in [3.63, 3.8) is 0 Å². The van der Waals surface area contributed by atoms with Crippen LogP contribution in [0.3, 0.4) is 0 Å². The van der Waals surface area contributed by atoms with Crippen LogP contribution in [0.15, 0.2) is 65.4 Å². The van der Waals surface area contributed by atoms with E-state index in [2.05, 4.69) is 26.2 Å². The van der Waals surface area contributed by atoms with Crippen LogP contribution in [0.2, 0.25) is 0 Å². The summed E-state index contributed by atoms with van der Waals surface area (Å²) < 4.78 is 8.38. The van der Waals surface area contributed by atoms with Crippen molar-refractivity contribution in [2.24, 2.45) is 7.05 Å². The van der Waals surface area contributed by atoms with Gasteiger partial charge in [0.2, 0.25) is 0 Å². The summed E-state index contributed by atoms with van der Waals surface area (Å²) in [5.41, 5.74) is 2.08. The van der Waals surface area contributed by atoms with Crippen molar-refractivity contribution in [3.05, 3.63) is 82.3 Å². The molecule has 1 heterocycles. The predicted octanol–water partition coefficient (Wildman–Crippen LogP) is 3.78. The van der Waals surface area contributed by atoms with E-state index in [0.29, 0.717) is 5.75 Å². The number of hydrogen-bond donors (Lipinski definition) is 1. The molecule has 0 aliphatic rings. The van der Waals surface area contributed by atoms with Gasteiger partial charge in [0.1, 0.15) is 17.6 Å². The zero-order valence-corrected chi connectivity index (χ0v) is 16.2. The molecule has 0 saturated carbocycles. The molecule has 6 heteroatoms. The molecule has 3 rings (SSSR count). The van der Waals surface area contributed by atoms with E-state index >= 15 is 0 Å². The molecule has 2 aromatic carbocycles. The first-order chi connectivity index (χ1) is 12.5. The lowest BCUT2D eigenvalue weighted by Gasteiger charge is -2.19. The fourth-order valence-electron chi connectivity index (χ4n) is 2.67. The monoisotopic (exact) mass is 413 g/mol. The molecule has 0 spiro atoms. The molecule has 0 bridgehead atoms. The Morgan fingerprint density at radius 2 is 2.04 bits per heavy atom. The van der Waals surface area contributed by atoms with Crippen molar-refractivity contribution in [1.82, 2.24) is 14.9 Å². The van der Waals surface area contributed by atoms with Gasteiger partial charge in [0.05, 0.1) is 4.47 Å². The van der Waals surface area contributed by atoms with Gasteiger partial charge in [0, 0.05) is 19.4 Å². The summed E-state index contributed by atoms with van der Waals surface area (Å²) >= 11 is 3.46. The molecule has 134 valence electrons. The lowest BCUT2D eigenvalue weighted by Crippen LogP contribution is -2.34. The van der Waals surface area contributed by atoms with Crippen molar-refractivity contribution < 1.29 is 9.53 Å². The number of rotatable bonds is 6. The van der Waals surface area contributed by atoms with E-state index in [1.54, 1.807) is 6.20 Å². The molecule has 1 atom stereocenters. The Morgan fingerprint density at radius 1 is 1.27 bits per heavy atom. The molecule has 0 saturated heterocycles. The molecule has 5 nitrogen and oxygen atoms in total. The number of aryl methyl sites for hydroxylation is 2. The molecule has 0 aliphatic carbocycles. The van der Waals surface area contributed by atoms with Gasteiger partial charge >= 0.3 is 0 Å². The van der Waals surface area contributed by atoms with Gasteiger partial charge in [-0.15, -0.1) is 0 Å². The zero-order chi connectivity index (χ0) is 18.5. The molecule has 0 fully saturated rings. The van der Waals surface area contributed by atoms with Gasteiger partial charge in [-0.25, -0.2) is 4.98 Å². The summed E-state index contributed by atoms with van der Waals surface area (Å²) in [7, 11) is 1.91. The first kappa shape index (κ1) is 18.2. The standard InChI is InChI=1S/C20H20BrN3O2/c1-14-8-9-17(16(21)12-14)26-13-18(25)23-19(15-6-4-3-5-7-15)20-22-10-11-24(20)2/h3-12,19H,13H2,1-2H3,(H,23,25). The summed E-state index contributed by atoms with van der Waals surface area (Å²) in [4.78, 5) is 16.9. The van der Waals surface area contributed by atoms with Gasteiger partial charge in [-0.1, -0.05) is 36.4 Å². The van der Waals surface area contributed by atoms with Gasteiger partial charge < -0.3 is 14.6 Å². The van der Waals surface area contributed by atoms with E-state index in [-0.39, 0.29) is 18.6 Å². The summed E-state index contributed by atoms with van der Waals surface area (Å²) in [6, 6.07) is 15.2. The highest BCUT2D eigenvalue weighted by Crippen LogP contribution is 2.26. The second-order valence-electron chi connectivity index (χ2n) is 6.03. The number of ether oxygens (including phenoxy) is 1. The van der Waals surface area contributed by atoms with Crippen LogP contribution >= 0.6 is 15.9 Å². The van der Waals surface area contributed by atoms with Crippen LogP contribution in [0.4, 0.5) is 0 Å². The van der Waals surface area contributed by atoms with Gasteiger partial charge in [0.15, 0.2) is 6.61 Å². The van der Waals surface area contributed by atoms with Crippen LogP contribution in [-0.4, -0.2) is 22.1 Å². The lowest BCUT2D eigenvalue weighted by atomic mass is 10.1. The molecule has 1 unspecified atom stereocenters. The topological polar surface area (TPSA) is 56.1 Å². The number of halogens is 1. The number of nitrogens with zero attached hydrogens (tertiary/aromatic N) is 2. The van der Waals surface area contributed by atoms with Crippen LogP contribution < -0.4 is 10.1 Å². The van der Waals surface area contributed by atoms with Crippen LogP contribution in [0, 0.1) is 6.92 Å². The maximum atomic E-state index is 12.5. The second kappa shape index (κ2) is 8.19. The smallest absolute Gasteiger partial charge is 0.258 e. The van der Waals surface area contributed by atoms with Gasteiger partial charge in [-0.2, -0.15) is 0 Å². The maximum absolute atomic E-state index is 12.5. The van der Waals surface area contributed by atoms with E-state index in [4.69, 9.17) is 4.74 Å². The molecule has 3 aromatic rings. The average molecular weight is 414 g/mol. The first-order valence-corrected chi connectivity index (χ1v) is 9.04. The van der Waals surface area contributed by atoms with E-state index < -0.39 is 0 Å². The minimum absolute atomic E-state index is 0.0740. The number of amides is 1. The van der Waals surface area contributed by atoms with Crippen molar-refractivity contribution in [2.75, 3.05) is 6.61 Å². The molecule has 1 amide bonds. The Morgan fingerprint density at radius 3 is 2.69 bits per heavy atom. The second-order valence-corrected chi connectivity index (χ2v) is 6.88. The van der Waals surface area contributed by atoms with Crippen LogP contribution in [0.5, 0.6) is 5.75 Å². The third-order valence-electron chi connectivity index (χ3n) is 4.00. The molecule has 0 radical (unpaired) electrons.